The van der Waals surface area contributed by atoms with Crippen molar-refractivity contribution in [3.8, 4) is 0 Å². The fraction of sp³-hybridized carbons (Fsp3) is 0.900. The second kappa shape index (κ2) is 8.87. The Labute approximate surface area is 146 Å². The summed E-state index contributed by atoms with van der Waals surface area (Å²) in [7, 11) is 0. The van der Waals surface area contributed by atoms with Gasteiger partial charge >= 0.3 is 0 Å². The molecule has 2 saturated carbocycles. The quantitative estimate of drug-likeness (QED) is 0.838. The van der Waals surface area contributed by atoms with Gasteiger partial charge in [-0.05, 0) is 50.9 Å². The summed E-state index contributed by atoms with van der Waals surface area (Å²) in [5, 5.41) is 3.12. The Morgan fingerprint density at radius 1 is 0.917 bits per heavy atom. The molecule has 4 nitrogen and oxygen atoms in total. The molecule has 0 bridgehead atoms. The van der Waals surface area contributed by atoms with Crippen molar-refractivity contribution in [2.45, 2.75) is 89.5 Å². The summed E-state index contributed by atoms with van der Waals surface area (Å²) in [5.74, 6) is 1.12. The Bertz CT molecular complexity index is 431. The Morgan fingerprint density at radius 3 is 2.46 bits per heavy atom. The van der Waals surface area contributed by atoms with Crippen LogP contribution in [-0.4, -0.2) is 35.8 Å². The lowest BCUT2D eigenvalue weighted by Crippen LogP contribution is -2.52. The number of fused-ring (bicyclic) bond motifs is 1. The molecule has 0 unspecified atom stereocenters. The van der Waals surface area contributed by atoms with Gasteiger partial charge in [-0.2, -0.15) is 0 Å². The maximum absolute atomic E-state index is 13.1. The second-order valence-corrected chi connectivity index (χ2v) is 8.11. The predicted molar refractivity (Wildman–Crippen MR) is 95.5 cm³/mol. The van der Waals surface area contributed by atoms with Crippen LogP contribution in [-0.2, 0) is 9.59 Å². The van der Waals surface area contributed by atoms with Crippen LogP contribution < -0.4 is 5.32 Å². The third kappa shape index (κ3) is 4.52. The predicted octanol–water partition coefficient (Wildman–Crippen LogP) is 3.64. The lowest BCUT2D eigenvalue weighted by molar-refractivity contribution is -0.140. The highest BCUT2D eigenvalue weighted by molar-refractivity contribution is 5.82. The van der Waals surface area contributed by atoms with Crippen molar-refractivity contribution >= 4 is 11.8 Å². The monoisotopic (exact) mass is 334 g/mol. The van der Waals surface area contributed by atoms with Crippen LogP contribution in [0.2, 0.25) is 0 Å². The fourth-order valence-electron chi connectivity index (χ4n) is 4.95. The third-order valence-corrected chi connectivity index (χ3v) is 6.35. The standard InChI is InChI=1S/C20H34N2O2/c23-19(15-16-9-3-1-4-10-16)22-14-8-2-7-13-21-20(24)17-11-5-6-12-18(17)22/h16-18H,1-15H2,(H,21,24)/t17-,18+/m1/s1. The van der Waals surface area contributed by atoms with Crippen molar-refractivity contribution in [2.75, 3.05) is 13.1 Å². The van der Waals surface area contributed by atoms with E-state index in [0.717, 1.165) is 58.0 Å². The maximum atomic E-state index is 13.1. The molecule has 1 saturated heterocycles. The number of nitrogens with one attached hydrogen (secondary N) is 1. The van der Waals surface area contributed by atoms with Gasteiger partial charge in [0.15, 0.2) is 0 Å². The zero-order valence-corrected chi connectivity index (χ0v) is 15.1. The van der Waals surface area contributed by atoms with Crippen LogP contribution in [0.3, 0.4) is 0 Å². The molecule has 1 heterocycles. The molecule has 0 aromatic heterocycles. The number of hydrogen-bond donors (Lipinski definition) is 1. The second-order valence-electron chi connectivity index (χ2n) is 8.11. The Hall–Kier alpha value is -1.06. The van der Waals surface area contributed by atoms with Crippen LogP contribution in [0.4, 0.5) is 0 Å². The Morgan fingerprint density at radius 2 is 1.62 bits per heavy atom. The molecule has 0 radical (unpaired) electrons. The first-order valence-electron chi connectivity index (χ1n) is 10.3. The molecule has 3 fully saturated rings. The zero-order chi connectivity index (χ0) is 16.8. The van der Waals surface area contributed by atoms with Gasteiger partial charge in [0, 0.05) is 25.6 Å². The van der Waals surface area contributed by atoms with Crippen molar-refractivity contribution in [1.29, 1.82) is 0 Å². The third-order valence-electron chi connectivity index (χ3n) is 6.35. The summed E-state index contributed by atoms with van der Waals surface area (Å²) in [6.45, 7) is 1.66. The largest absolute Gasteiger partial charge is 0.356 e. The fourth-order valence-corrected chi connectivity index (χ4v) is 4.95. The first-order valence-corrected chi connectivity index (χ1v) is 10.3. The summed E-state index contributed by atoms with van der Waals surface area (Å²) in [6, 6.07) is 0.146. The molecule has 2 aliphatic carbocycles. The molecule has 0 aromatic carbocycles. The van der Waals surface area contributed by atoms with Crippen LogP contribution in [0, 0.1) is 11.8 Å². The summed E-state index contributed by atoms with van der Waals surface area (Å²) in [4.78, 5) is 27.8. The van der Waals surface area contributed by atoms with Crippen molar-refractivity contribution in [3.05, 3.63) is 0 Å². The van der Waals surface area contributed by atoms with E-state index in [0.29, 0.717) is 18.2 Å². The van der Waals surface area contributed by atoms with E-state index in [1.54, 1.807) is 0 Å². The van der Waals surface area contributed by atoms with Crippen molar-refractivity contribution in [1.82, 2.24) is 10.2 Å². The minimum atomic E-state index is 0.0205. The number of nitrogens with zero attached hydrogens (tertiary/aromatic N) is 1. The summed E-state index contributed by atoms with van der Waals surface area (Å²) < 4.78 is 0. The Balaban J connectivity index is 1.70. The average molecular weight is 335 g/mol. The van der Waals surface area contributed by atoms with Gasteiger partial charge in [-0.15, -0.1) is 0 Å². The van der Waals surface area contributed by atoms with Gasteiger partial charge in [0.25, 0.3) is 0 Å². The average Bonchev–Trinajstić information content (AvgIpc) is 2.61. The number of carbonyl (C=O) groups is 2. The van der Waals surface area contributed by atoms with E-state index in [2.05, 4.69) is 10.2 Å². The van der Waals surface area contributed by atoms with Crippen LogP contribution >= 0.6 is 0 Å². The van der Waals surface area contributed by atoms with Crippen LogP contribution in [0.25, 0.3) is 0 Å². The molecule has 136 valence electrons. The highest BCUT2D eigenvalue weighted by Gasteiger charge is 2.37. The van der Waals surface area contributed by atoms with Gasteiger partial charge in [-0.1, -0.05) is 32.1 Å². The van der Waals surface area contributed by atoms with Gasteiger partial charge in [0.05, 0.1) is 5.92 Å². The molecule has 1 aliphatic heterocycles. The molecule has 3 aliphatic rings. The van der Waals surface area contributed by atoms with Crippen LogP contribution in [0.15, 0.2) is 0 Å². The first kappa shape index (κ1) is 17.8. The number of rotatable bonds is 2. The highest BCUT2D eigenvalue weighted by Crippen LogP contribution is 2.32. The molecule has 2 atom stereocenters. The van der Waals surface area contributed by atoms with Crippen LogP contribution in [0.5, 0.6) is 0 Å². The zero-order valence-electron chi connectivity index (χ0n) is 15.1. The van der Waals surface area contributed by atoms with Crippen molar-refractivity contribution in [2.24, 2.45) is 11.8 Å². The van der Waals surface area contributed by atoms with E-state index in [4.69, 9.17) is 0 Å². The van der Waals surface area contributed by atoms with E-state index in [-0.39, 0.29) is 17.9 Å². The van der Waals surface area contributed by atoms with Gasteiger partial charge in [-0.25, -0.2) is 0 Å². The molecule has 1 N–H and O–H groups in total. The lowest BCUT2D eigenvalue weighted by Gasteiger charge is -2.40. The molecule has 4 heteroatoms. The molecule has 24 heavy (non-hydrogen) atoms. The van der Waals surface area contributed by atoms with E-state index < -0.39 is 0 Å². The summed E-state index contributed by atoms with van der Waals surface area (Å²) >= 11 is 0. The highest BCUT2D eigenvalue weighted by atomic mass is 16.2. The molecule has 0 spiro atoms. The van der Waals surface area contributed by atoms with E-state index in [9.17, 15) is 9.59 Å². The molecule has 2 amide bonds. The normalized spacial score (nSPS) is 30.3. The number of hydrogen-bond acceptors (Lipinski definition) is 2. The van der Waals surface area contributed by atoms with E-state index in [1.807, 2.05) is 0 Å². The SMILES string of the molecule is O=C1NCCCCCN(C(=O)CC2CCCCC2)[C@H]2CCCC[C@@H]12. The molecule has 0 aromatic rings. The topological polar surface area (TPSA) is 49.4 Å². The van der Waals surface area contributed by atoms with Gasteiger partial charge in [0.1, 0.15) is 0 Å². The molecular weight excluding hydrogens is 300 g/mol. The van der Waals surface area contributed by atoms with E-state index >= 15 is 0 Å². The van der Waals surface area contributed by atoms with Crippen molar-refractivity contribution in [3.63, 3.8) is 0 Å². The number of carbonyl (C=O) groups excluding carboxylic acids is 2. The first-order chi connectivity index (χ1) is 11.8. The van der Waals surface area contributed by atoms with Gasteiger partial charge in [0.2, 0.25) is 11.8 Å². The van der Waals surface area contributed by atoms with Gasteiger partial charge < -0.3 is 10.2 Å². The van der Waals surface area contributed by atoms with Crippen LogP contribution in [0.1, 0.15) is 83.5 Å². The van der Waals surface area contributed by atoms with Crippen molar-refractivity contribution < 1.29 is 9.59 Å². The molecule has 3 rings (SSSR count). The number of amides is 2. The summed E-state index contributed by atoms with van der Waals surface area (Å²) in [5.41, 5.74) is 0. The van der Waals surface area contributed by atoms with Gasteiger partial charge in [-0.3, -0.25) is 9.59 Å². The van der Waals surface area contributed by atoms with E-state index in [1.165, 1.54) is 32.1 Å². The maximum Gasteiger partial charge on any atom is 0.225 e. The Kier molecular flexibility index (Phi) is 6.56. The minimum absolute atomic E-state index is 0.0205. The summed E-state index contributed by atoms with van der Waals surface area (Å²) in [6.07, 6.45) is 14.5. The smallest absolute Gasteiger partial charge is 0.225 e. The lowest BCUT2D eigenvalue weighted by atomic mass is 9.81. The molecular formula is C20H34N2O2. The minimum Gasteiger partial charge on any atom is -0.356 e.